The molecule has 1 aromatic carbocycles. The predicted molar refractivity (Wildman–Crippen MR) is 103 cm³/mol. The number of hydrogen-bond acceptors (Lipinski definition) is 1. The molecule has 1 fully saturated rings. The fourth-order valence-electron chi connectivity index (χ4n) is 4.35. The summed E-state index contributed by atoms with van der Waals surface area (Å²) in [6.45, 7) is 2.25. The molecule has 5 heteroatoms. The Labute approximate surface area is 165 Å². The number of rotatable bonds is 10. The van der Waals surface area contributed by atoms with Crippen LogP contribution in [0.3, 0.4) is 0 Å². The molecule has 0 radical (unpaired) electrons. The third kappa shape index (κ3) is 7.14. The Morgan fingerprint density at radius 2 is 1.59 bits per heavy atom. The standard InChI is InChI=1S/C22H30ClF3O/c1-2-5-15-8-10-16(11-9-15)6-3-4-7-18(22(23)27)12-17-13-19(24)21(26)20(25)14-17/h13-16,18H,2-12H2,1H3. The van der Waals surface area contributed by atoms with E-state index in [2.05, 4.69) is 6.92 Å². The smallest absolute Gasteiger partial charge is 0.225 e. The topological polar surface area (TPSA) is 17.1 Å². The van der Waals surface area contributed by atoms with Crippen LogP contribution in [0.1, 0.15) is 76.7 Å². The van der Waals surface area contributed by atoms with E-state index in [9.17, 15) is 18.0 Å². The Hall–Kier alpha value is -1.03. The van der Waals surface area contributed by atoms with Gasteiger partial charge in [-0.3, -0.25) is 4.79 Å². The van der Waals surface area contributed by atoms with Crippen LogP contribution in [0.4, 0.5) is 13.2 Å². The molecule has 1 aliphatic carbocycles. The molecule has 0 aromatic heterocycles. The summed E-state index contributed by atoms with van der Waals surface area (Å²) >= 11 is 5.68. The van der Waals surface area contributed by atoms with Crippen LogP contribution in [0.5, 0.6) is 0 Å². The fourth-order valence-corrected chi connectivity index (χ4v) is 4.53. The van der Waals surface area contributed by atoms with Crippen LogP contribution in [-0.2, 0) is 11.2 Å². The highest BCUT2D eigenvalue weighted by Gasteiger charge is 2.22. The Kier molecular flexibility index (Phi) is 9.14. The van der Waals surface area contributed by atoms with E-state index >= 15 is 0 Å². The molecule has 27 heavy (non-hydrogen) atoms. The average molecular weight is 403 g/mol. The molecule has 2 rings (SSSR count). The third-order valence-electron chi connectivity index (χ3n) is 5.92. The van der Waals surface area contributed by atoms with E-state index in [-0.39, 0.29) is 12.0 Å². The molecule has 1 unspecified atom stereocenters. The zero-order valence-electron chi connectivity index (χ0n) is 16.1. The van der Waals surface area contributed by atoms with E-state index in [1.54, 1.807) is 0 Å². The summed E-state index contributed by atoms with van der Waals surface area (Å²) in [5.41, 5.74) is 0.264. The molecular weight excluding hydrogens is 373 g/mol. The fraction of sp³-hybridized carbons (Fsp3) is 0.682. The van der Waals surface area contributed by atoms with Gasteiger partial charge in [0.25, 0.3) is 0 Å². The molecule has 0 amide bonds. The Bertz CT molecular complexity index is 589. The Morgan fingerprint density at radius 3 is 2.11 bits per heavy atom. The molecule has 1 atom stereocenters. The van der Waals surface area contributed by atoms with Gasteiger partial charge in [0.1, 0.15) is 0 Å². The van der Waals surface area contributed by atoms with Gasteiger partial charge >= 0.3 is 0 Å². The highest BCUT2D eigenvalue weighted by molar-refractivity contribution is 6.64. The zero-order chi connectivity index (χ0) is 19.8. The molecule has 1 saturated carbocycles. The van der Waals surface area contributed by atoms with Crippen LogP contribution in [-0.4, -0.2) is 5.24 Å². The second kappa shape index (κ2) is 11.1. The summed E-state index contributed by atoms with van der Waals surface area (Å²) in [4.78, 5) is 11.7. The number of benzene rings is 1. The van der Waals surface area contributed by atoms with Crippen LogP contribution >= 0.6 is 11.6 Å². The van der Waals surface area contributed by atoms with Gasteiger partial charge in [-0.2, -0.15) is 0 Å². The second-order valence-electron chi connectivity index (χ2n) is 8.04. The second-order valence-corrected chi connectivity index (χ2v) is 8.41. The maximum absolute atomic E-state index is 13.3. The van der Waals surface area contributed by atoms with E-state index in [0.29, 0.717) is 6.42 Å². The van der Waals surface area contributed by atoms with Crippen LogP contribution in [0.2, 0.25) is 0 Å². The summed E-state index contributed by atoms with van der Waals surface area (Å²) in [6.07, 6.45) is 11.7. The number of halogens is 4. The minimum Gasteiger partial charge on any atom is -0.281 e. The average Bonchev–Trinajstić information content (AvgIpc) is 2.63. The Balaban J connectivity index is 1.75. The summed E-state index contributed by atoms with van der Waals surface area (Å²) in [5, 5.41) is -0.500. The summed E-state index contributed by atoms with van der Waals surface area (Å²) in [6, 6.07) is 1.89. The molecule has 0 N–H and O–H groups in total. The molecular formula is C22H30ClF3O. The van der Waals surface area contributed by atoms with Gasteiger partial charge in [0.15, 0.2) is 17.5 Å². The van der Waals surface area contributed by atoms with Crippen molar-refractivity contribution in [2.24, 2.45) is 17.8 Å². The van der Waals surface area contributed by atoms with Gasteiger partial charge in [-0.15, -0.1) is 0 Å². The van der Waals surface area contributed by atoms with Gasteiger partial charge in [-0.1, -0.05) is 64.7 Å². The van der Waals surface area contributed by atoms with Gasteiger partial charge in [0.2, 0.25) is 5.24 Å². The van der Waals surface area contributed by atoms with Crippen molar-refractivity contribution < 1.29 is 18.0 Å². The van der Waals surface area contributed by atoms with Gasteiger partial charge < -0.3 is 0 Å². The van der Waals surface area contributed by atoms with Crippen LogP contribution in [0, 0.1) is 35.2 Å². The number of carbonyl (C=O) groups excluding carboxylic acids is 1. The van der Waals surface area contributed by atoms with Crippen molar-refractivity contribution in [1.82, 2.24) is 0 Å². The van der Waals surface area contributed by atoms with E-state index in [0.717, 1.165) is 36.8 Å². The highest BCUT2D eigenvalue weighted by atomic mass is 35.5. The van der Waals surface area contributed by atoms with E-state index in [4.69, 9.17) is 11.6 Å². The molecule has 0 saturated heterocycles. The van der Waals surface area contributed by atoms with Crippen LogP contribution in [0.25, 0.3) is 0 Å². The van der Waals surface area contributed by atoms with Crippen molar-refractivity contribution in [3.63, 3.8) is 0 Å². The quantitative estimate of drug-likeness (QED) is 0.230. The van der Waals surface area contributed by atoms with Crippen molar-refractivity contribution in [2.45, 2.75) is 77.6 Å². The lowest BCUT2D eigenvalue weighted by molar-refractivity contribution is -0.115. The first-order valence-electron chi connectivity index (χ1n) is 10.2. The normalized spacial score (nSPS) is 21.2. The predicted octanol–water partition coefficient (Wildman–Crippen LogP) is 7.19. The number of carbonyl (C=O) groups is 1. The Morgan fingerprint density at radius 1 is 1.04 bits per heavy atom. The highest BCUT2D eigenvalue weighted by Crippen LogP contribution is 2.34. The molecule has 0 spiro atoms. The molecule has 0 bridgehead atoms. The number of hydrogen-bond donors (Lipinski definition) is 0. The van der Waals surface area contributed by atoms with E-state index in [1.165, 1.54) is 44.9 Å². The van der Waals surface area contributed by atoms with Crippen LogP contribution < -0.4 is 0 Å². The van der Waals surface area contributed by atoms with Crippen LogP contribution in [0.15, 0.2) is 12.1 Å². The minimum atomic E-state index is -1.49. The lowest BCUT2D eigenvalue weighted by atomic mass is 9.78. The first-order chi connectivity index (χ1) is 12.9. The van der Waals surface area contributed by atoms with Crippen molar-refractivity contribution in [3.8, 4) is 0 Å². The lowest BCUT2D eigenvalue weighted by Crippen LogP contribution is -2.15. The SMILES string of the molecule is CCCC1CCC(CCCCC(Cc2cc(F)c(F)c(F)c2)C(=O)Cl)CC1. The molecule has 1 nitrogen and oxygen atoms in total. The first kappa shape index (κ1) is 22.3. The zero-order valence-corrected chi connectivity index (χ0v) is 16.8. The van der Waals surface area contributed by atoms with Gasteiger partial charge in [-0.25, -0.2) is 13.2 Å². The third-order valence-corrected chi connectivity index (χ3v) is 6.23. The molecule has 1 aromatic rings. The van der Waals surface area contributed by atoms with Crippen molar-refractivity contribution in [3.05, 3.63) is 35.1 Å². The van der Waals surface area contributed by atoms with E-state index in [1.807, 2.05) is 0 Å². The molecule has 152 valence electrons. The molecule has 1 aliphatic rings. The summed E-state index contributed by atoms with van der Waals surface area (Å²) in [5.74, 6) is -2.75. The van der Waals surface area contributed by atoms with Gasteiger partial charge in [0.05, 0.1) is 0 Å². The molecule has 0 heterocycles. The number of unbranched alkanes of at least 4 members (excludes halogenated alkanes) is 1. The van der Waals surface area contributed by atoms with E-state index < -0.39 is 28.6 Å². The maximum atomic E-state index is 13.3. The lowest BCUT2D eigenvalue weighted by Gasteiger charge is -2.28. The summed E-state index contributed by atoms with van der Waals surface area (Å²) in [7, 11) is 0. The minimum absolute atomic E-state index is 0.137. The molecule has 0 aliphatic heterocycles. The van der Waals surface area contributed by atoms with Crippen molar-refractivity contribution in [1.29, 1.82) is 0 Å². The van der Waals surface area contributed by atoms with Crippen molar-refractivity contribution in [2.75, 3.05) is 0 Å². The first-order valence-corrected chi connectivity index (χ1v) is 10.6. The maximum Gasteiger partial charge on any atom is 0.225 e. The largest absolute Gasteiger partial charge is 0.281 e. The van der Waals surface area contributed by atoms with Crippen molar-refractivity contribution >= 4 is 16.8 Å². The van der Waals surface area contributed by atoms with Gasteiger partial charge in [-0.05, 0) is 54.0 Å². The summed E-state index contributed by atoms with van der Waals surface area (Å²) < 4.78 is 39.8. The van der Waals surface area contributed by atoms with Gasteiger partial charge in [0, 0.05) is 5.92 Å². The monoisotopic (exact) mass is 402 g/mol.